The number of aliphatic imine (C=N–C) groups is 1. The summed E-state index contributed by atoms with van der Waals surface area (Å²) in [6.07, 6.45) is 2.71. The number of guanidine groups is 1. The molecule has 1 heterocycles. The minimum absolute atomic E-state index is 0. The van der Waals surface area contributed by atoms with Crippen molar-refractivity contribution in [2.24, 2.45) is 4.99 Å². The first-order chi connectivity index (χ1) is 10.4. The molecule has 0 bridgehead atoms. The molecule has 1 rings (SSSR count). The van der Waals surface area contributed by atoms with Gasteiger partial charge in [-0.05, 0) is 13.8 Å². The summed E-state index contributed by atoms with van der Waals surface area (Å²) in [5.41, 5.74) is 1.00. The van der Waals surface area contributed by atoms with E-state index in [9.17, 15) is 4.79 Å². The Bertz CT molecular complexity index is 542. The van der Waals surface area contributed by atoms with Crippen LogP contribution >= 0.6 is 35.3 Å². The second-order valence-corrected chi connectivity index (χ2v) is 6.62. The van der Waals surface area contributed by atoms with Crippen molar-refractivity contribution < 1.29 is 4.79 Å². The van der Waals surface area contributed by atoms with Gasteiger partial charge in [-0.25, -0.2) is 9.98 Å². The first-order valence-corrected chi connectivity index (χ1v) is 7.98. The summed E-state index contributed by atoms with van der Waals surface area (Å²) < 4.78 is 0. The topological polar surface area (TPSA) is 69.6 Å². The van der Waals surface area contributed by atoms with Crippen LogP contribution in [0.1, 0.15) is 16.8 Å². The number of nitrogens with zero attached hydrogens (tertiary/aromatic N) is 3. The van der Waals surface area contributed by atoms with Gasteiger partial charge >= 0.3 is 0 Å². The largest absolute Gasteiger partial charge is 0.356 e. The molecule has 0 aliphatic rings. The summed E-state index contributed by atoms with van der Waals surface area (Å²) in [5, 5.41) is 7.47. The molecule has 8 heteroatoms. The van der Waals surface area contributed by atoms with Gasteiger partial charge in [-0.15, -0.1) is 35.3 Å². The van der Waals surface area contributed by atoms with E-state index in [0.717, 1.165) is 17.0 Å². The van der Waals surface area contributed by atoms with Crippen LogP contribution in [0.4, 0.5) is 0 Å². The lowest BCUT2D eigenvalue weighted by atomic mass is 10.3. The van der Waals surface area contributed by atoms with Gasteiger partial charge in [-0.2, -0.15) is 0 Å². The number of nitrogens with one attached hydrogen (secondary N) is 2. The molecule has 0 radical (unpaired) electrons. The third-order valence-electron chi connectivity index (χ3n) is 2.73. The van der Waals surface area contributed by atoms with Gasteiger partial charge in [0.2, 0.25) is 5.91 Å². The molecule has 0 atom stereocenters. The SMILES string of the molecule is C=C(C)CNC(=NCC(=O)N(C)C)NCCc1ncc(C)s1.I. The highest BCUT2D eigenvalue weighted by Crippen LogP contribution is 2.10. The Morgan fingerprint density at radius 3 is 2.65 bits per heavy atom. The van der Waals surface area contributed by atoms with E-state index in [1.54, 1.807) is 25.4 Å². The quantitative estimate of drug-likeness (QED) is 0.287. The third-order valence-corrected chi connectivity index (χ3v) is 3.70. The summed E-state index contributed by atoms with van der Waals surface area (Å²) in [6, 6.07) is 0. The van der Waals surface area contributed by atoms with Crippen molar-refractivity contribution in [2.45, 2.75) is 20.3 Å². The monoisotopic (exact) mass is 451 g/mol. The van der Waals surface area contributed by atoms with Crippen molar-refractivity contribution in [1.29, 1.82) is 0 Å². The van der Waals surface area contributed by atoms with Crippen LogP contribution < -0.4 is 10.6 Å². The van der Waals surface area contributed by atoms with Crippen LogP contribution in [0.25, 0.3) is 0 Å². The van der Waals surface area contributed by atoms with E-state index in [2.05, 4.69) is 27.2 Å². The van der Waals surface area contributed by atoms with Crippen molar-refractivity contribution in [2.75, 3.05) is 33.7 Å². The molecule has 0 spiro atoms. The fourth-order valence-corrected chi connectivity index (χ4v) is 2.29. The number of thiazole rings is 1. The van der Waals surface area contributed by atoms with Gasteiger partial charge in [0.05, 0.1) is 5.01 Å². The maximum absolute atomic E-state index is 11.6. The van der Waals surface area contributed by atoms with Crippen molar-refractivity contribution in [3.05, 3.63) is 28.2 Å². The minimum atomic E-state index is -0.0352. The van der Waals surface area contributed by atoms with E-state index >= 15 is 0 Å². The zero-order chi connectivity index (χ0) is 16.5. The van der Waals surface area contributed by atoms with Gasteiger partial charge in [0.25, 0.3) is 0 Å². The summed E-state index contributed by atoms with van der Waals surface area (Å²) in [5.74, 6) is 0.582. The molecule has 0 unspecified atom stereocenters. The van der Waals surface area contributed by atoms with Crippen LogP contribution in [0.15, 0.2) is 23.3 Å². The standard InChI is InChI=1S/C15H25N5OS.HI/c1-11(2)8-18-15(19-10-14(21)20(4)5)16-7-6-13-17-9-12(3)22-13;/h9H,1,6-8,10H2,2-5H3,(H2,16,18,19);1H. The average molecular weight is 451 g/mol. The fraction of sp³-hybridized carbons (Fsp3) is 0.533. The molecule has 0 saturated heterocycles. The first kappa shape index (κ1) is 21.8. The highest BCUT2D eigenvalue weighted by molar-refractivity contribution is 14.0. The molecule has 0 saturated carbocycles. The van der Waals surface area contributed by atoms with Crippen LogP contribution in [0.5, 0.6) is 0 Å². The van der Waals surface area contributed by atoms with Crippen LogP contribution in [0, 0.1) is 6.92 Å². The minimum Gasteiger partial charge on any atom is -0.356 e. The Hall–Kier alpha value is -1.16. The average Bonchev–Trinajstić information content (AvgIpc) is 2.86. The van der Waals surface area contributed by atoms with Crippen molar-refractivity contribution in [3.63, 3.8) is 0 Å². The second-order valence-electron chi connectivity index (χ2n) is 5.31. The van der Waals surface area contributed by atoms with Crippen LogP contribution in [0.2, 0.25) is 0 Å². The predicted molar refractivity (Wildman–Crippen MR) is 108 cm³/mol. The van der Waals surface area contributed by atoms with Gasteiger partial charge in [0.15, 0.2) is 5.96 Å². The molecule has 0 aliphatic carbocycles. The highest BCUT2D eigenvalue weighted by atomic mass is 127. The lowest BCUT2D eigenvalue weighted by molar-refractivity contribution is -0.127. The molecule has 23 heavy (non-hydrogen) atoms. The molecule has 0 fully saturated rings. The smallest absolute Gasteiger partial charge is 0.243 e. The molecular formula is C15H26IN5OS. The molecule has 130 valence electrons. The second kappa shape index (κ2) is 11.4. The number of halogens is 1. The van der Waals surface area contributed by atoms with E-state index in [1.165, 1.54) is 9.78 Å². The third kappa shape index (κ3) is 9.54. The van der Waals surface area contributed by atoms with Crippen LogP contribution in [0.3, 0.4) is 0 Å². The Kier molecular flexibility index (Phi) is 10.8. The maximum atomic E-state index is 11.6. The van der Waals surface area contributed by atoms with Crippen LogP contribution in [-0.2, 0) is 11.2 Å². The zero-order valence-corrected chi connectivity index (χ0v) is 17.3. The van der Waals surface area contributed by atoms with Crippen molar-refractivity contribution in [1.82, 2.24) is 20.5 Å². The van der Waals surface area contributed by atoms with E-state index < -0.39 is 0 Å². The Morgan fingerprint density at radius 1 is 1.43 bits per heavy atom. The van der Waals surface area contributed by atoms with E-state index in [0.29, 0.717) is 19.0 Å². The molecular weight excluding hydrogens is 425 g/mol. The lowest BCUT2D eigenvalue weighted by Crippen LogP contribution is -2.40. The molecule has 2 N–H and O–H groups in total. The van der Waals surface area contributed by atoms with Gasteiger partial charge in [0.1, 0.15) is 6.54 Å². The number of amides is 1. The number of aryl methyl sites for hydroxylation is 1. The number of hydrogen-bond acceptors (Lipinski definition) is 4. The van der Waals surface area contributed by atoms with Gasteiger partial charge in [-0.3, -0.25) is 4.79 Å². The number of likely N-dealkylation sites (N-methyl/N-ethyl adjacent to an activating group) is 1. The molecule has 1 amide bonds. The zero-order valence-electron chi connectivity index (χ0n) is 14.2. The number of rotatable bonds is 7. The van der Waals surface area contributed by atoms with Crippen molar-refractivity contribution in [3.8, 4) is 0 Å². The Morgan fingerprint density at radius 2 is 2.13 bits per heavy atom. The van der Waals surface area contributed by atoms with Crippen molar-refractivity contribution >= 4 is 47.2 Å². The summed E-state index contributed by atoms with van der Waals surface area (Å²) in [4.78, 5) is 23.0. The first-order valence-electron chi connectivity index (χ1n) is 7.16. The maximum Gasteiger partial charge on any atom is 0.243 e. The van der Waals surface area contributed by atoms with E-state index in [1.807, 2.05) is 20.0 Å². The number of aromatic nitrogens is 1. The van der Waals surface area contributed by atoms with E-state index in [-0.39, 0.29) is 36.4 Å². The number of hydrogen-bond donors (Lipinski definition) is 2. The fourth-order valence-electron chi connectivity index (χ4n) is 1.50. The summed E-state index contributed by atoms with van der Waals surface area (Å²) >= 11 is 1.69. The molecule has 6 nitrogen and oxygen atoms in total. The molecule has 0 aromatic carbocycles. The summed E-state index contributed by atoms with van der Waals surface area (Å²) in [6.45, 7) is 9.29. The van der Waals surface area contributed by atoms with Crippen LogP contribution in [-0.4, -0.2) is 55.5 Å². The van der Waals surface area contributed by atoms with Gasteiger partial charge < -0.3 is 15.5 Å². The molecule has 1 aromatic rings. The predicted octanol–water partition coefficient (Wildman–Crippen LogP) is 1.81. The Balaban J connectivity index is 0.00000484. The van der Waals surface area contributed by atoms with Gasteiger partial charge in [0, 0.05) is 44.7 Å². The van der Waals surface area contributed by atoms with E-state index in [4.69, 9.17) is 0 Å². The lowest BCUT2D eigenvalue weighted by Gasteiger charge is -2.13. The Labute approximate surface area is 159 Å². The summed E-state index contributed by atoms with van der Waals surface area (Å²) in [7, 11) is 3.44. The molecule has 1 aromatic heterocycles. The van der Waals surface area contributed by atoms with Gasteiger partial charge in [-0.1, -0.05) is 12.2 Å². The normalized spacial score (nSPS) is 10.7. The number of carbonyl (C=O) groups is 1. The highest BCUT2D eigenvalue weighted by Gasteiger charge is 2.05. The molecule has 0 aliphatic heterocycles. The number of carbonyl (C=O) groups excluding carboxylic acids is 1.